The molecule has 0 bridgehead atoms. The molecule has 2 heterocycles. The summed E-state index contributed by atoms with van der Waals surface area (Å²) in [4.78, 5) is 19.4. The number of aromatic nitrogens is 2. The minimum atomic E-state index is -1.10. The topological polar surface area (TPSA) is 82.2 Å². The van der Waals surface area contributed by atoms with E-state index >= 15 is 0 Å². The number of benzene rings is 3. The van der Waals surface area contributed by atoms with Gasteiger partial charge in [0.05, 0.1) is 24.4 Å². The lowest BCUT2D eigenvalue weighted by Gasteiger charge is -2.42. The molecule has 1 aromatic heterocycles. The number of piperidine rings is 1. The van der Waals surface area contributed by atoms with Crippen molar-refractivity contribution in [3.63, 3.8) is 0 Å². The fourth-order valence-corrected chi connectivity index (χ4v) is 5.36. The summed E-state index contributed by atoms with van der Waals surface area (Å²) in [6.45, 7) is 1.81. The second kappa shape index (κ2) is 10.8. The zero-order valence-electron chi connectivity index (χ0n) is 20.7. The Morgan fingerprint density at radius 2 is 1.54 bits per heavy atom. The van der Waals surface area contributed by atoms with Gasteiger partial charge in [-0.1, -0.05) is 72.8 Å². The van der Waals surface area contributed by atoms with Crippen LogP contribution in [0.5, 0.6) is 0 Å². The molecule has 37 heavy (non-hydrogen) atoms. The summed E-state index contributed by atoms with van der Waals surface area (Å²) in [5.74, 6) is 0.0752. The molecule has 1 aliphatic rings. The maximum absolute atomic E-state index is 13.2. The third-order valence-electron chi connectivity index (χ3n) is 7.43. The van der Waals surface area contributed by atoms with Crippen molar-refractivity contribution in [3.8, 4) is 6.07 Å². The van der Waals surface area contributed by atoms with E-state index in [1.54, 1.807) is 24.7 Å². The highest BCUT2D eigenvalue weighted by Crippen LogP contribution is 2.41. The van der Waals surface area contributed by atoms with Gasteiger partial charge < -0.3 is 14.6 Å². The Balaban J connectivity index is 1.26. The molecule has 6 heteroatoms. The van der Waals surface area contributed by atoms with Gasteiger partial charge in [0.2, 0.25) is 5.91 Å². The third kappa shape index (κ3) is 5.18. The highest BCUT2D eigenvalue weighted by Gasteiger charge is 2.42. The predicted molar refractivity (Wildman–Crippen MR) is 141 cm³/mol. The van der Waals surface area contributed by atoms with Crippen molar-refractivity contribution in [2.75, 3.05) is 13.1 Å². The van der Waals surface area contributed by atoms with Crippen molar-refractivity contribution in [2.24, 2.45) is 5.92 Å². The van der Waals surface area contributed by atoms with E-state index in [2.05, 4.69) is 11.1 Å². The Kier molecular flexibility index (Phi) is 7.16. The molecule has 186 valence electrons. The van der Waals surface area contributed by atoms with Gasteiger partial charge in [0.1, 0.15) is 5.60 Å². The minimum Gasteiger partial charge on any atom is -0.380 e. The molecule has 1 N–H and O–H groups in total. The minimum absolute atomic E-state index is 0.00302. The van der Waals surface area contributed by atoms with Crippen LogP contribution in [-0.2, 0) is 23.4 Å². The van der Waals surface area contributed by atoms with Gasteiger partial charge in [0.15, 0.2) is 0 Å². The van der Waals surface area contributed by atoms with E-state index < -0.39 is 5.60 Å². The number of carbonyl (C=O) groups is 1. The average Bonchev–Trinajstić information content (AvgIpc) is 3.40. The lowest BCUT2D eigenvalue weighted by molar-refractivity contribution is -0.133. The predicted octanol–water partition coefficient (Wildman–Crippen LogP) is 4.52. The first-order valence-corrected chi connectivity index (χ1v) is 12.7. The molecule has 1 amide bonds. The van der Waals surface area contributed by atoms with Crippen molar-refractivity contribution in [1.82, 2.24) is 14.5 Å². The highest BCUT2D eigenvalue weighted by molar-refractivity contribution is 5.78. The molecule has 0 saturated carbocycles. The summed E-state index contributed by atoms with van der Waals surface area (Å²) >= 11 is 0. The molecule has 1 saturated heterocycles. The molecule has 0 aliphatic carbocycles. The van der Waals surface area contributed by atoms with E-state index in [1.165, 1.54) is 0 Å². The van der Waals surface area contributed by atoms with Crippen LogP contribution in [0.25, 0.3) is 0 Å². The molecule has 0 radical (unpaired) electrons. The average molecular weight is 491 g/mol. The maximum Gasteiger partial charge on any atom is 0.228 e. The van der Waals surface area contributed by atoms with E-state index in [-0.39, 0.29) is 18.2 Å². The van der Waals surface area contributed by atoms with Gasteiger partial charge in [-0.2, -0.15) is 5.26 Å². The molecular formula is C31H30N4O2. The normalized spacial score (nSPS) is 14.3. The van der Waals surface area contributed by atoms with Crippen LogP contribution >= 0.6 is 0 Å². The summed E-state index contributed by atoms with van der Waals surface area (Å²) < 4.78 is 1.98. The zero-order chi connectivity index (χ0) is 25.7. The van der Waals surface area contributed by atoms with Crippen molar-refractivity contribution >= 4 is 5.91 Å². The first kappa shape index (κ1) is 24.5. The summed E-state index contributed by atoms with van der Waals surface area (Å²) in [5, 5.41) is 21.1. The van der Waals surface area contributed by atoms with Gasteiger partial charge in [-0.15, -0.1) is 0 Å². The van der Waals surface area contributed by atoms with Crippen LogP contribution in [0.15, 0.2) is 97.5 Å². The van der Waals surface area contributed by atoms with Gasteiger partial charge >= 0.3 is 0 Å². The number of aliphatic hydroxyl groups is 1. The highest BCUT2D eigenvalue weighted by atomic mass is 16.3. The first-order chi connectivity index (χ1) is 18.1. The number of hydrogen-bond acceptors (Lipinski definition) is 4. The molecule has 4 aromatic rings. The number of hydrogen-bond donors (Lipinski definition) is 1. The van der Waals surface area contributed by atoms with Crippen LogP contribution in [-0.4, -0.2) is 38.6 Å². The van der Waals surface area contributed by atoms with Crippen LogP contribution in [0.1, 0.15) is 40.8 Å². The van der Waals surface area contributed by atoms with Gasteiger partial charge in [-0.25, -0.2) is 4.98 Å². The van der Waals surface area contributed by atoms with Crippen molar-refractivity contribution in [3.05, 3.63) is 125 Å². The number of amides is 1. The van der Waals surface area contributed by atoms with Crippen LogP contribution < -0.4 is 0 Å². The summed E-state index contributed by atoms with van der Waals surface area (Å²) in [5.41, 5.74) is 3.21. The smallest absolute Gasteiger partial charge is 0.228 e. The molecule has 0 atom stereocenters. The lowest BCUT2D eigenvalue weighted by atomic mass is 9.72. The second-order valence-electron chi connectivity index (χ2n) is 9.65. The van der Waals surface area contributed by atoms with Crippen molar-refractivity contribution in [2.45, 2.75) is 31.4 Å². The first-order valence-electron chi connectivity index (χ1n) is 12.7. The molecule has 6 nitrogen and oxygen atoms in total. The van der Waals surface area contributed by atoms with Gasteiger partial charge in [0, 0.05) is 31.5 Å². The molecule has 3 aromatic carbocycles. The van der Waals surface area contributed by atoms with E-state index in [0.29, 0.717) is 25.2 Å². The number of nitriles is 1. The SMILES string of the molecule is N#Cc1ccc(Cn2cncc2CC(=O)N2CCC(C(O)(c3ccccc3)c3ccccc3)CC2)cc1. The van der Waals surface area contributed by atoms with Gasteiger partial charge in [-0.3, -0.25) is 4.79 Å². The molecular weight excluding hydrogens is 460 g/mol. The number of imidazole rings is 1. The quantitative estimate of drug-likeness (QED) is 0.413. The maximum atomic E-state index is 13.2. The lowest BCUT2D eigenvalue weighted by Crippen LogP contribution is -2.46. The van der Waals surface area contributed by atoms with Gasteiger partial charge in [0.25, 0.3) is 0 Å². The summed E-state index contributed by atoms with van der Waals surface area (Å²) in [6.07, 6.45) is 5.21. The molecule has 1 aliphatic heterocycles. The van der Waals surface area contributed by atoms with E-state index in [4.69, 9.17) is 5.26 Å². The monoisotopic (exact) mass is 490 g/mol. The Bertz CT molecular complexity index is 1330. The second-order valence-corrected chi connectivity index (χ2v) is 9.65. The Hall–Kier alpha value is -4.21. The van der Waals surface area contributed by atoms with Crippen molar-refractivity contribution < 1.29 is 9.90 Å². The Morgan fingerprint density at radius 3 is 2.11 bits per heavy atom. The van der Waals surface area contributed by atoms with E-state index in [1.807, 2.05) is 82.3 Å². The standard InChI is InChI=1S/C31H30N4O2/c32-20-24-11-13-25(14-12-24)22-35-23-33-21-29(35)19-30(36)34-17-15-28(16-18-34)31(37,26-7-3-1-4-8-26)27-9-5-2-6-10-27/h1-14,21,23,28,37H,15-19,22H2. The Labute approximate surface area is 217 Å². The van der Waals surface area contributed by atoms with E-state index in [9.17, 15) is 9.90 Å². The van der Waals surface area contributed by atoms with Crippen LogP contribution in [0.2, 0.25) is 0 Å². The molecule has 0 unspecified atom stereocenters. The summed E-state index contributed by atoms with van der Waals surface area (Å²) in [7, 11) is 0. The zero-order valence-corrected chi connectivity index (χ0v) is 20.7. The van der Waals surface area contributed by atoms with Crippen molar-refractivity contribution in [1.29, 1.82) is 5.26 Å². The molecule has 1 fully saturated rings. The van der Waals surface area contributed by atoms with Crippen LogP contribution in [0.4, 0.5) is 0 Å². The van der Waals surface area contributed by atoms with Crippen LogP contribution in [0, 0.1) is 17.2 Å². The molecule has 5 rings (SSSR count). The number of rotatable bonds is 7. The number of carbonyl (C=O) groups excluding carboxylic acids is 1. The number of likely N-dealkylation sites (tertiary alicyclic amines) is 1. The fraction of sp³-hybridized carbons (Fsp3) is 0.258. The fourth-order valence-electron chi connectivity index (χ4n) is 5.36. The summed E-state index contributed by atoms with van der Waals surface area (Å²) in [6, 6.07) is 29.3. The third-order valence-corrected chi connectivity index (χ3v) is 7.43. The largest absolute Gasteiger partial charge is 0.380 e. The molecule has 0 spiro atoms. The Morgan fingerprint density at radius 1 is 0.946 bits per heavy atom. The number of nitrogens with zero attached hydrogens (tertiary/aromatic N) is 4. The van der Waals surface area contributed by atoms with Gasteiger partial charge in [-0.05, 0) is 47.6 Å². The van der Waals surface area contributed by atoms with Crippen LogP contribution in [0.3, 0.4) is 0 Å². The van der Waals surface area contributed by atoms with E-state index in [0.717, 1.165) is 35.2 Å².